The van der Waals surface area contributed by atoms with Crippen molar-refractivity contribution in [3.05, 3.63) is 18.2 Å². The summed E-state index contributed by atoms with van der Waals surface area (Å²) in [6.07, 6.45) is 3.51. The first-order chi connectivity index (χ1) is 8.74. The molecular weight excluding hydrogens is 232 g/mol. The Morgan fingerprint density at radius 2 is 2.28 bits per heavy atom. The van der Waals surface area contributed by atoms with Gasteiger partial charge in [0.15, 0.2) is 0 Å². The third kappa shape index (κ3) is 2.70. The van der Waals surface area contributed by atoms with E-state index in [4.69, 9.17) is 4.74 Å². The van der Waals surface area contributed by atoms with Crippen LogP contribution in [0.15, 0.2) is 12.5 Å². The first-order valence-electron chi connectivity index (χ1n) is 6.26. The van der Waals surface area contributed by atoms with Crippen LogP contribution in [-0.2, 0) is 16.1 Å². The van der Waals surface area contributed by atoms with Crippen LogP contribution in [-0.4, -0.2) is 53.7 Å². The van der Waals surface area contributed by atoms with Crippen molar-refractivity contribution in [2.45, 2.75) is 19.5 Å². The second kappa shape index (κ2) is 5.97. The minimum absolute atomic E-state index is 0.133. The molecule has 1 saturated heterocycles. The minimum Gasteiger partial charge on any atom is -0.378 e. The molecule has 1 aliphatic rings. The molecular formula is C12H20N4O2. The number of nitrogens with one attached hydrogen (secondary N) is 1. The average molecular weight is 252 g/mol. The van der Waals surface area contributed by atoms with E-state index in [0.717, 1.165) is 5.69 Å². The SMILES string of the molecule is CNCc1cncn1C(C)C(=O)N1CCOCC1. The zero-order valence-corrected chi connectivity index (χ0v) is 10.9. The highest BCUT2D eigenvalue weighted by Gasteiger charge is 2.24. The van der Waals surface area contributed by atoms with Crippen molar-refractivity contribution < 1.29 is 9.53 Å². The molecule has 1 aliphatic heterocycles. The van der Waals surface area contributed by atoms with Crippen LogP contribution in [0, 0.1) is 0 Å². The molecule has 2 heterocycles. The number of carbonyl (C=O) groups is 1. The number of carbonyl (C=O) groups excluding carboxylic acids is 1. The molecule has 18 heavy (non-hydrogen) atoms. The van der Waals surface area contributed by atoms with E-state index >= 15 is 0 Å². The Morgan fingerprint density at radius 1 is 1.56 bits per heavy atom. The zero-order chi connectivity index (χ0) is 13.0. The predicted octanol–water partition coefficient (Wildman–Crippen LogP) is 0.0223. The molecule has 1 amide bonds. The summed E-state index contributed by atoms with van der Waals surface area (Å²) < 4.78 is 7.18. The zero-order valence-electron chi connectivity index (χ0n) is 10.9. The normalized spacial score (nSPS) is 17.8. The number of nitrogens with zero attached hydrogens (tertiary/aromatic N) is 3. The highest BCUT2D eigenvalue weighted by atomic mass is 16.5. The second-order valence-electron chi connectivity index (χ2n) is 4.44. The van der Waals surface area contributed by atoms with Gasteiger partial charge in [-0.25, -0.2) is 4.98 Å². The Bertz CT molecular complexity index is 399. The van der Waals surface area contributed by atoms with Gasteiger partial charge in [-0.3, -0.25) is 4.79 Å². The van der Waals surface area contributed by atoms with E-state index in [2.05, 4.69) is 10.3 Å². The van der Waals surface area contributed by atoms with Gasteiger partial charge in [-0.2, -0.15) is 0 Å². The lowest BCUT2D eigenvalue weighted by molar-refractivity contribution is -0.138. The van der Waals surface area contributed by atoms with Crippen LogP contribution in [0.3, 0.4) is 0 Å². The molecule has 0 spiro atoms. The van der Waals surface area contributed by atoms with E-state index in [1.165, 1.54) is 0 Å². The lowest BCUT2D eigenvalue weighted by atomic mass is 10.2. The van der Waals surface area contributed by atoms with Crippen molar-refractivity contribution in [2.24, 2.45) is 0 Å². The summed E-state index contributed by atoms with van der Waals surface area (Å²) in [5.41, 5.74) is 1.02. The summed E-state index contributed by atoms with van der Waals surface area (Å²) in [4.78, 5) is 18.3. The Morgan fingerprint density at radius 3 is 2.94 bits per heavy atom. The number of rotatable bonds is 4. The van der Waals surface area contributed by atoms with Crippen molar-refractivity contribution in [1.29, 1.82) is 0 Å². The summed E-state index contributed by atoms with van der Waals surface area (Å²) in [6.45, 7) is 5.25. The number of amides is 1. The Balaban J connectivity index is 2.07. The molecule has 6 nitrogen and oxygen atoms in total. The fourth-order valence-corrected chi connectivity index (χ4v) is 2.17. The predicted molar refractivity (Wildman–Crippen MR) is 67.1 cm³/mol. The highest BCUT2D eigenvalue weighted by molar-refractivity contribution is 5.80. The van der Waals surface area contributed by atoms with Gasteiger partial charge in [0, 0.05) is 25.8 Å². The van der Waals surface area contributed by atoms with Crippen molar-refractivity contribution >= 4 is 5.91 Å². The lowest BCUT2D eigenvalue weighted by Crippen LogP contribution is -2.43. The van der Waals surface area contributed by atoms with Crippen LogP contribution in [0.2, 0.25) is 0 Å². The molecule has 0 aromatic carbocycles. The molecule has 1 atom stereocenters. The summed E-state index contributed by atoms with van der Waals surface area (Å²) >= 11 is 0. The quantitative estimate of drug-likeness (QED) is 0.821. The topological polar surface area (TPSA) is 59.4 Å². The van der Waals surface area contributed by atoms with Gasteiger partial charge in [-0.1, -0.05) is 0 Å². The van der Waals surface area contributed by atoms with E-state index < -0.39 is 0 Å². The second-order valence-corrected chi connectivity index (χ2v) is 4.44. The Hall–Kier alpha value is -1.40. The molecule has 0 aliphatic carbocycles. The summed E-state index contributed by atoms with van der Waals surface area (Å²) in [6, 6.07) is -0.214. The van der Waals surface area contributed by atoms with E-state index in [0.29, 0.717) is 32.8 Å². The van der Waals surface area contributed by atoms with Crippen LogP contribution in [0.4, 0.5) is 0 Å². The third-order valence-corrected chi connectivity index (χ3v) is 3.20. The van der Waals surface area contributed by atoms with Crippen LogP contribution in [0.1, 0.15) is 18.7 Å². The summed E-state index contributed by atoms with van der Waals surface area (Å²) in [7, 11) is 1.88. The maximum atomic E-state index is 12.4. The molecule has 1 aromatic heterocycles. The van der Waals surface area contributed by atoms with Crippen LogP contribution in [0.5, 0.6) is 0 Å². The number of imidazole rings is 1. The van der Waals surface area contributed by atoms with Crippen molar-refractivity contribution in [1.82, 2.24) is 19.8 Å². The van der Waals surface area contributed by atoms with Crippen LogP contribution < -0.4 is 5.32 Å². The molecule has 2 rings (SSSR count). The van der Waals surface area contributed by atoms with E-state index in [1.807, 2.05) is 23.4 Å². The van der Waals surface area contributed by atoms with Gasteiger partial charge in [-0.15, -0.1) is 0 Å². The van der Waals surface area contributed by atoms with Gasteiger partial charge < -0.3 is 19.5 Å². The fourth-order valence-electron chi connectivity index (χ4n) is 2.17. The maximum absolute atomic E-state index is 12.4. The standard InChI is InChI=1S/C12H20N4O2/c1-10(12(17)15-3-5-18-6-4-15)16-9-14-8-11(16)7-13-2/h8-10,13H,3-7H2,1-2H3. The molecule has 1 aromatic rings. The third-order valence-electron chi connectivity index (χ3n) is 3.20. The number of morpholine rings is 1. The van der Waals surface area contributed by atoms with Crippen molar-refractivity contribution in [3.8, 4) is 0 Å². The summed E-state index contributed by atoms with van der Waals surface area (Å²) in [5, 5.41) is 3.08. The molecule has 100 valence electrons. The molecule has 1 unspecified atom stereocenters. The van der Waals surface area contributed by atoms with Crippen LogP contribution in [0.25, 0.3) is 0 Å². The van der Waals surface area contributed by atoms with Gasteiger partial charge in [0.05, 0.1) is 25.2 Å². The maximum Gasteiger partial charge on any atom is 0.245 e. The summed E-state index contributed by atoms with van der Waals surface area (Å²) in [5.74, 6) is 0.133. The number of aromatic nitrogens is 2. The monoisotopic (exact) mass is 252 g/mol. The lowest BCUT2D eigenvalue weighted by Gasteiger charge is -2.30. The van der Waals surface area contributed by atoms with E-state index in [9.17, 15) is 4.79 Å². The molecule has 1 fully saturated rings. The number of hydrogen-bond donors (Lipinski definition) is 1. The van der Waals surface area contributed by atoms with Crippen molar-refractivity contribution in [3.63, 3.8) is 0 Å². The first-order valence-corrected chi connectivity index (χ1v) is 6.26. The molecule has 0 radical (unpaired) electrons. The van der Waals surface area contributed by atoms with Gasteiger partial charge >= 0.3 is 0 Å². The van der Waals surface area contributed by atoms with Gasteiger partial charge in [-0.05, 0) is 14.0 Å². The minimum atomic E-state index is -0.214. The van der Waals surface area contributed by atoms with Gasteiger partial charge in [0.1, 0.15) is 6.04 Å². The number of ether oxygens (including phenoxy) is 1. The van der Waals surface area contributed by atoms with Crippen LogP contribution >= 0.6 is 0 Å². The first kappa shape index (κ1) is 13.0. The molecule has 1 N–H and O–H groups in total. The average Bonchev–Trinajstić information content (AvgIpc) is 2.87. The molecule has 0 bridgehead atoms. The van der Waals surface area contributed by atoms with Crippen molar-refractivity contribution in [2.75, 3.05) is 33.4 Å². The molecule has 6 heteroatoms. The fraction of sp³-hybridized carbons (Fsp3) is 0.667. The molecule has 0 saturated carbocycles. The van der Waals surface area contributed by atoms with E-state index in [-0.39, 0.29) is 11.9 Å². The smallest absolute Gasteiger partial charge is 0.245 e. The number of hydrogen-bond acceptors (Lipinski definition) is 4. The highest BCUT2D eigenvalue weighted by Crippen LogP contribution is 2.14. The van der Waals surface area contributed by atoms with Gasteiger partial charge in [0.25, 0.3) is 0 Å². The Kier molecular flexibility index (Phi) is 4.33. The largest absolute Gasteiger partial charge is 0.378 e. The van der Waals surface area contributed by atoms with Gasteiger partial charge in [0.2, 0.25) is 5.91 Å². The Labute approximate surface area is 107 Å². The van der Waals surface area contributed by atoms with E-state index in [1.54, 1.807) is 12.5 Å².